The average molecular weight is 315 g/mol. The molecule has 1 aliphatic rings. The number of carbonyl (C=O) groups is 1. The predicted molar refractivity (Wildman–Crippen MR) is 80.7 cm³/mol. The van der Waals surface area contributed by atoms with Crippen LogP contribution >= 0.6 is 0 Å². The van der Waals surface area contributed by atoms with Crippen LogP contribution in [0.5, 0.6) is 11.5 Å². The van der Waals surface area contributed by atoms with E-state index in [-0.39, 0.29) is 17.0 Å². The molecule has 2 heterocycles. The Morgan fingerprint density at radius 2 is 2.04 bits per heavy atom. The van der Waals surface area contributed by atoms with Gasteiger partial charge in [-0.1, -0.05) is 0 Å². The van der Waals surface area contributed by atoms with Gasteiger partial charge in [-0.3, -0.25) is 19.6 Å². The highest BCUT2D eigenvalue weighted by Crippen LogP contribution is 2.37. The number of hydrogen-bond acceptors (Lipinski definition) is 6. The minimum Gasteiger partial charge on any atom is -0.486 e. The van der Waals surface area contributed by atoms with E-state index >= 15 is 0 Å². The highest BCUT2D eigenvalue weighted by Gasteiger charge is 2.21. The van der Waals surface area contributed by atoms with Gasteiger partial charge in [0.1, 0.15) is 13.2 Å². The zero-order chi connectivity index (χ0) is 16.4. The van der Waals surface area contributed by atoms with E-state index in [0.717, 1.165) is 0 Å². The van der Waals surface area contributed by atoms with E-state index in [4.69, 9.17) is 9.47 Å². The van der Waals surface area contributed by atoms with Crippen molar-refractivity contribution in [1.29, 1.82) is 0 Å². The molecule has 8 nitrogen and oxygen atoms in total. The van der Waals surface area contributed by atoms with Gasteiger partial charge < -0.3 is 9.47 Å². The Bertz CT molecular complexity index is 809. The fourth-order valence-corrected chi connectivity index (χ4v) is 2.20. The Hall–Kier alpha value is -3.16. The van der Waals surface area contributed by atoms with Gasteiger partial charge in [0.2, 0.25) is 0 Å². The quantitative estimate of drug-likeness (QED) is 0.370. The third-order valence-corrected chi connectivity index (χ3v) is 3.29. The number of rotatable bonds is 4. The Balaban J connectivity index is 1.93. The number of aryl methyl sites for hydroxylation is 1. The summed E-state index contributed by atoms with van der Waals surface area (Å²) in [4.78, 5) is 22.7. The second-order valence-corrected chi connectivity index (χ2v) is 4.91. The molecule has 0 bridgehead atoms. The predicted octanol–water partition coefficient (Wildman–Crippen LogP) is 2.00. The summed E-state index contributed by atoms with van der Waals surface area (Å²) in [6.45, 7) is 0.724. The van der Waals surface area contributed by atoms with Crippen molar-refractivity contribution in [2.75, 3.05) is 13.2 Å². The lowest BCUT2D eigenvalue weighted by atomic mass is 10.1. The first kappa shape index (κ1) is 14.8. The SMILES string of the molecule is Cn1cc(C(=O)C=Cc2cc3c(cc2[N+](=O)[O-])OCCO3)cn1. The second-order valence-electron chi connectivity index (χ2n) is 4.91. The van der Waals surface area contributed by atoms with Crippen LogP contribution in [0.1, 0.15) is 15.9 Å². The summed E-state index contributed by atoms with van der Waals surface area (Å²) in [5.74, 6) is 0.469. The fraction of sp³-hybridized carbons (Fsp3) is 0.200. The molecule has 0 atom stereocenters. The van der Waals surface area contributed by atoms with Crippen molar-refractivity contribution in [2.45, 2.75) is 0 Å². The topological polar surface area (TPSA) is 96.5 Å². The minimum absolute atomic E-state index is 0.149. The molecule has 0 saturated heterocycles. The summed E-state index contributed by atoms with van der Waals surface area (Å²) in [6.07, 6.45) is 5.68. The van der Waals surface area contributed by atoms with Gasteiger partial charge in [0.25, 0.3) is 5.69 Å². The van der Waals surface area contributed by atoms with Crippen LogP contribution in [0.15, 0.2) is 30.6 Å². The van der Waals surface area contributed by atoms with E-state index in [1.807, 2.05) is 0 Å². The lowest BCUT2D eigenvalue weighted by Crippen LogP contribution is -2.15. The molecule has 1 aromatic heterocycles. The van der Waals surface area contributed by atoms with Gasteiger partial charge in [-0.15, -0.1) is 0 Å². The first-order chi connectivity index (χ1) is 11.0. The number of hydrogen-bond donors (Lipinski definition) is 0. The fourth-order valence-electron chi connectivity index (χ4n) is 2.20. The maximum Gasteiger partial charge on any atom is 0.280 e. The number of ketones is 1. The number of ether oxygens (including phenoxy) is 2. The molecular formula is C15H13N3O5. The van der Waals surface area contributed by atoms with E-state index in [1.54, 1.807) is 13.2 Å². The van der Waals surface area contributed by atoms with Gasteiger partial charge in [-0.25, -0.2) is 0 Å². The summed E-state index contributed by atoms with van der Waals surface area (Å²) >= 11 is 0. The molecule has 1 aromatic carbocycles. The number of nitrogens with zero attached hydrogens (tertiary/aromatic N) is 3. The van der Waals surface area contributed by atoms with E-state index < -0.39 is 4.92 Å². The number of benzene rings is 1. The molecule has 118 valence electrons. The van der Waals surface area contributed by atoms with E-state index in [9.17, 15) is 14.9 Å². The zero-order valence-corrected chi connectivity index (χ0v) is 12.3. The average Bonchev–Trinajstić information content (AvgIpc) is 2.98. The van der Waals surface area contributed by atoms with Crippen molar-refractivity contribution in [3.8, 4) is 11.5 Å². The van der Waals surface area contributed by atoms with Crippen molar-refractivity contribution in [3.63, 3.8) is 0 Å². The van der Waals surface area contributed by atoms with Crippen molar-refractivity contribution >= 4 is 17.5 Å². The summed E-state index contributed by atoms with van der Waals surface area (Å²) < 4.78 is 12.3. The molecule has 3 rings (SSSR count). The van der Waals surface area contributed by atoms with Crippen LogP contribution in [0, 0.1) is 10.1 Å². The molecule has 0 spiro atoms. The van der Waals surface area contributed by atoms with Crippen LogP contribution in [0.2, 0.25) is 0 Å². The molecule has 8 heteroatoms. The zero-order valence-electron chi connectivity index (χ0n) is 12.3. The molecule has 0 aliphatic carbocycles. The van der Waals surface area contributed by atoms with Crippen molar-refractivity contribution < 1.29 is 19.2 Å². The summed E-state index contributed by atoms with van der Waals surface area (Å²) in [6, 6.07) is 2.81. The number of allylic oxidation sites excluding steroid dienone is 1. The Morgan fingerprint density at radius 3 is 2.65 bits per heavy atom. The molecule has 0 saturated carbocycles. The molecule has 0 unspecified atom stereocenters. The monoisotopic (exact) mass is 315 g/mol. The molecule has 0 radical (unpaired) electrons. The maximum atomic E-state index is 12.0. The van der Waals surface area contributed by atoms with Crippen LogP contribution < -0.4 is 9.47 Å². The number of nitro benzene ring substituents is 1. The maximum absolute atomic E-state index is 12.0. The van der Waals surface area contributed by atoms with Gasteiger partial charge in [-0.05, 0) is 18.2 Å². The highest BCUT2D eigenvalue weighted by atomic mass is 16.6. The third kappa shape index (κ3) is 3.05. The Labute approximate surface area is 131 Å². The molecule has 1 aliphatic heterocycles. The van der Waals surface area contributed by atoms with Crippen LogP contribution in [-0.2, 0) is 7.05 Å². The molecular weight excluding hydrogens is 302 g/mol. The van der Waals surface area contributed by atoms with E-state index in [2.05, 4.69) is 5.10 Å². The van der Waals surface area contributed by atoms with Gasteiger partial charge in [0.05, 0.1) is 28.3 Å². The Morgan fingerprint density at radius 1 is 1.35 bits per heavy atom. The largest absolute Gasteiger partial charge is 0.486 e. The van der Waals surface area contributed by atoms with Gasteiger partial charge in [0.15, 0.2) is 17.3 Å². The van der Waals surface area contributed by atoms with Gasteiger partial charge >= 0.3 is 0 Å². The lowest BCUT2D eigenvalue weighted by Gasteiger charge is -2.18. The second kappa shape index (κ2) is 5.91. The van der Waals surface area contributed by atoms with E-state index in [1.165, 1.54) is 35.2 Å². The molecule has 2 aromatic rings. The third-order valence-electron chi connectivity index (χ3n) is 3.29. The van der Waals surface area contributed by atoms with Gasteiger partial charge in [-0.2, -0.15) is 5.10 Å². The first-order valence-electron chi connectivity index (χ1n) is 6.83. The number of carbonyl (C=O) groups excluding carboxylic acids is 1. The summed E-state index contributed by atoms with van der Waals surface area (Å²) in [5.41, 5.74) is 0.532. The van der Waals surface area contributed by atoms with Crippen molar-refractivity contribution in [1.82, 2.24) is 9.78 Å². The Kier molecular flexibility index (Phi) is 3.80. The van der Waals surface area contributed by atoms with Crippen molar-refractivity contribution in [3.05, 3.63) is 51.8 Å². The summed E-state index contributed by atoms with van der Waals surface area (Å²) in [7, 11) is 1.70. The minimum atomic E-state index is -0.521. The molecule has 0 amide bonds. The highest BCUT2D eigenvalue weighted by molar-refractivity contribution is 6.06. The first-order valence-corrected chi connectivity index (χ1v) is 6.83. The van der Waals surface area contributed by atoms with Crippen molar-refractivity contribution in [2.24, 2.45) is 7.05 Å². The number of fused-ring (bicyclic) bond motifs is 1. The lowest BCUT2D eigenvalue weighted by molar-refractivity contribution is -0.385. The number of aromatic nitrogens is 2. The normalized spacial score (nSPS) is 13.3. The van der Waals surface area contributed by atoms with Crippen LogP contribution in [0.3, 0.4) is 0 Å². The van der Waals surface area contributed by atoms with Crippen LogP contribution in [0.25, 0.3) is 6.08 Å². The molecule has 0 N–H and O–H groups in total. The van der Waals surface area contributed by atoms with Crippen LogP contribution in [0.4, 0.5) is 5.69 Å². The molecule has 23 heavy (non-hydrogen) atoms. The molecule has 0 fully saturated rings. The van der Waals surface area contributed by atoms with Crippen LogP contribution in [-0.4, -0.2) is 33.7 Å². The summed E-state index contributed by atoms with van der Waals surface area (Å²) in [5, 5.41) is 15.1. The van der Waals surface area contributed by atoms with E-state index in [0.29, 0.717) is 30.3 Å². The van der Waals surface area contributed by atoms with Gasteiger partial charge in [0, 0.05) is 13.2 Å². The smallest absolute Gasteiger partial charge is 0.280 e. The standard InChI is InChI=1S/C15H13N3O5/c1-17-9-11(8-16-17)13(19)3-2-10-6-14-15(23-5-4-22-14)7-12(10)18(20)21/h2-3,6-9H,4-5H2,1H3. The number of nitro groups is 1.